The van der Waals surface area contributed by atoms with E-state index in [1.165, 1.54) is 36.0 Å². The molecule has 0 saturated heterocycles. The molecule has 0 saturated carbocycles. The predicted octanol–water partition coefficient (Wildman–Crippen LogP) is 5.24. The smallest absolute Gasteiger partial charge is 0.406 e. The highest BCUT2D eigenvalue weighted by Crippen LogP contribution is 2.38. The van der Waals surface area contributed by atoms with E-state index < -0.39 is 6.36 Å². The lowest BCUT2D eigenvalue weighted by atomic mass is 10.2. The first-order valence-corrected chi connectivity index (χ1v) is 7.52. The van der Waals surface area contributed by atoms with Gasteiger partial charge in [-0.3, -0.25) is 4.79 Å². The maximum atomic E-state index is 12.3. The molecule has 0 aliphatic rings. The van der Waals surface area contributed by atoms with Crippen LogP contribution in [0.2, 0.25) is 5.02 Å². The van der Waals surface area contributed by atoms with Crippen molar-refractivity contribution in [3.05, 3.63) is 47.0 Å². The van der Waals surface area contributed by atoms with Gasteiger partial charge in [0.25, 0.3) is 0 Å². The van der Waals surface area contributed by atoms with Crippen LogP contribution in [0.3, 0.4) is 0 Å². The molecule has 0 heterocycles. The average molecular weight is 362 g/mol. The number of aldehydes is 1. The maximum Gasteiger partial charge on any atom is 0.573 e. The fourth-order valence-corrected chi connectivity index (χ4v) is 3.00. The van der Waals surface area contributed by atoms with Crippen LogP contribution in [0.5, 0.6) is 5.75 Å². The topological polar surface area (TPSA) is 38.3 Å². The molecule has 0 fully saturated rings. The fourth-order valence-electron chi connectivity index (χ4n) is 1.81. The lowest BCUT2D eigenvalue weighted by Crippen LogP contribution is -2.17. The summed E-state index contributed by atoms with van der Waals surface area (Å²) in [4.78, 5) is 12.4. The Bertz CT molecular complexity index is 722. The third-order valence-corrected chi connectivity index (χ3v) is 4.18. The molecule has 1 N–H and O–H groups in total. The molecule has 2 aromatic carbocycles. The highest BCUT2D eigenvalue weighted by molar-refractivity contribution is 7.99. The first-order valence-electron chi connectivity index (χ1n) is 6.32. The number of rotatable bonds is 5. The molecule has 23 heavy (non-hydrogen) atoms. The minimum absolute atomic E-state index is 0.321. The lowest BCUT2D eigenvalue weighted by molar-refractivity contribution is -0.274. The van der Waals surface area contributed by atoms with Crippen molar-refractivity contribution in [2.24, 2.45) is 0 Å². The first kappa shape index (κ1) is 17.5. The van der Waals surface area contributed by atoms with Crippen molar-refractivity contribution in [2.75, 3.05) is 12.4 Å². The van der Waals surface area contributed by atoms with Gasteiger partial charge in [0, 0.05) is 33.5 Å². The van der Waals surface area contributed by atoms with Crippen molar-refractivity contribution in [1.29, 1.82) is 0 Å². The molecular formula is C15H11ClF3NO2S. The Balaban J connectivity index is 2.31. The fraction of sp³-hybridized carbons (Fsp3) is 0.133. The molecule has 0 spiro atoms. The molecule has 3 nitrogen and oxygen atoms in total. The number of carbonyl (C=O) groups is 1. The quantitative estimate of drug-likeness (QED) is 0.739. The van der Waals surface area contributed by atoms with Crippen molar-refractivity contribution < 1.29 is 22.7 Å². The summed E-state index contributed by atoms with van der Waals surface area (Å²) in [5, 5.41) is 3.24. The Morgan fingerprint density at radius 2 is 1.87 bits per heavy atom. The normalized spacial score (nSPS) is 11.2. The summed E-state index contributed by atoms with van der Waals surface area (Å²) < 4.78 is 40.7. The van der Waals surface area contributed by atoms with E-state index in [1.54, 1.807) is 19.2 Å². The van der Waals surface area contributed by atoms with Gasteiger partial charge in [-0.25, -0.2) is 0 Å². The zero-order valence-electron chi connectivity index (χ0n) is 11.8. The van der Waals surface area contributed by atoms with Crippen molar-refractivity contribution in [2.45, 2.75) is 16.2 Å². The third-order valence-electron chi connectivity index (χ3n) is 2.77. The van der Waals surface area contributed by atoms with Crippen LogP contribution in [0.15, 0.2) is 46.2 Å². The van der Waals surface area contributed by atoms with E-state index in [-0.39, 0.29) is 5.75 Å². The molecule has 0 unspecified atom stereocenters. The van der Waals surface area contributed by atoms with Crippen LogP contribution in [-0.4, -0.2) is 19.7 Å². The number of benzene rings is 2. The minimum atomic E-state index is -4.75. The van der Waals surface area contributed by atoms with Gasteiger partial charge >= 0.3 is 6.36 Å². The Morgan fingerprint density at radius 1 is 1.17 bits per heavy atom. The second-order valence-electron chi connectivity index (χ2n) is 4.36. The Morgan fingerprint density at radius 3 is 2.48 bits per heavy atom. The predicted molar refractivity (Wildman–Crippen MR) is 83.6 cm³/mol. The van der Waals surface area contributed by atoms with Gasteiger partial charge in [0.05, 0.1) is 5.69 Å². The summed E-state index contributed by atoms with van der Waals surface area (Å²) in [6, 6.07) is 8.78. The number of halogens is 4. The molecule has 0 aliphatic carbocycles. The van der Waals surface area contributed by atoms with Crippen LogP contribution in [-0.2, 0) is 0 Å². The molecule has 2 aromatic rings. The average Bonchev–Trinajstić information content (AvgIpc) is 2.48. The van der Waals surface area contributed by atoms with E-state index in [0.717, 1.165) is 0 Å². The van der Waals surface area contributed by atoms with E-state index in [1.807, 2.05) is 0 Å². The van der Waals surface area contributed by atoms with Crippen LogP contribution in [0.25, 0.3) is 0 Å². The second-order valence-corrected chi connectivity index (χ2v) is 5.88. The Hall–Kier alpha value is -1.86. The summed E-state index contributed by atoms with van der Waals surface area (Å²) in [7, 11) is 1.58. The van der Waals surface area contributed by atoms with Crippen LogP contribution >= 0.6 is 23.4 Å². The lowest BCUT2D eigenvalue weighted by Gasteiger charge is -2.14. The summed E-state index contributed by atoms with van der Waals surface area (Å²) in [5.74, 6) is -0.321. The third kappa shape index (κ3) is 4.80. The van der Waals surface area contributed by atoms with Crippen LogP contribution in [0.4, 0.5) is 18.9 Å². The van der Waals surface area contributed by atoms with Gasteiger partial charge in [-0.2, -0.15) is 0 Å². The van der Waals surface area contributed by atoms with E-state index in [2.05, 4.69) is 10.1 Å². The summed E-state index contributed by atoms with van der Waals surface area (Å²) >= 11 is 7.07. The van der Waals surface area contributed by atoms with E-state index in [4.69, 9.17) is 11.6 Å². The molecule has 122 valence electrons. The van der Waals surface area contributed by atoms with Crippen molar-refractivity contribution >= 4 is 35.3 Å². The Kier molecular flexibility index (Phi) is 5.43. The maximum absolute atomic E-state index is 12.3. The van der Waals surface area contributed by atoms with Crippen molar-refractivity contribution in [1.82, 2.24) is 0 Å². The van der Waals surface area contributed by atoms with Gasteiger partial charge in [0.15, 0.2) is 6.29 Å². The number of nitrogens with one attached hydrogen (secondary N) is 1. The standard InChI is InChI=1S/C15H11ClF3NO2S/c1-20-12-7-11(22-15(17,18)19)3-5-14(12)23-13-4-2-10(16)6-9(13)8-21/h2-8,20H,1H3. The first-order chi connectivity index (χ1) is 10.8. The summed E-state index contributed by atoms with van der Waals surface area (Å²) in [5.41, 5.74) is 0.851. The molecule has 8 heteroatoms. The van der Waals surface area contributed by atoms with Crippen LogP contribution < -0.4 is 10.1 Å². The van der Waals surface area contributed by atoms with Gasteiger partial charge in [-0.1, -0.05) is 23.4 Å². The molecule has 0 bridgehead atoms. The zero-order chi connectivity index (χ0) is 17.0. The molecule has 0 aromatic heterocycles. The number of carbonyl (C=O) groups excluding carboxylic acids is 1. The second kappa shape index (κ2) is 7.14. The van der Waals surface area contributed by atoms with Gasteiger partial charge in [-0.05, 0) is 30.3 Å². The molecular weight excluding hydrogens is 351 g/mol. The van der Waals surface area contributed by atoms with E-state index in [0.29, 0.717) is 32.4 Å². The van der Waals surface area contributed by atoms with Gasteiger partial charge in [-0.15, -0.1) is 13.2 Å². The van der Waals surface area contributed by atoms with Gasteiger partial charge < -0.3 is 10.1 Å². The number of ether oxygens (including phenoxy) is 1. The molecule has 0 amide bonds. The monoisotopic (exact) mass is 361 g/mol. The van der Waals surface area contributed by atoms with Crippen molar-refractivity contribution in [3.8, 4) is 5.75 Å². The zero-order valence-corrected chi connectivity index (χ0v) is 13.4. The molecule has 0 aliphatic heterocycles. The number of hydrogen-bond acceptors (Lipinski definition) is 4. The van der Waals surface area contributed by atoms with Crippen molar-refractivity contribution in [3.63, 3.8) is 0 Å². The van der Waals surface area contributed by atoms with Crippen LogP contribution in [0.1, 0.15) is 10.4 Å². The summed E-state index contributed by atoms with van der Waals surface area (Å²) in [6.07, 6.45) is -4.07. The molecule has 2 rings (SSSR count). The number of alkyl halides is 3. The Labute approximate surface area is 139 Å². The largest absolute Gasteiger partial charge is 0.573 e. The highest BCUT2D eigenvalue weighted by Gasteiger charge is 2.31. The van der Waals surface area contributed by atoms with Gasteiger partial charge in [0.2, 0.25) is 0 Å². The SMILES string of the molecule is CNc1cc(OC(F)(F)F)ccc1Sc1ccc(Cl)cc1C=O. The minimum Gasteiger partial charge on any atom is -0.406 e. The van der Waals surface area contributed by atoms with Crippen LogP contribution in [0, 0.1) is 0 Å². The van der Waals surface area contributed by atoms with Gasteiger partial charge in [0.1, 0.15) is 5.75 Å². The summed E-state index contributed by atoms with van der Waals surface area (Å²) in [6.45, 7) is 0. The molecule has 0 atom stereocenters. The van der Waals surface area contributed by atoms with E-state index >= 15 is 0 Å². The highest BCUT2D eigenvalue weighted by atomic mass is 35.5. The number of anilines is 1. The number of hydrogen-bond donors (Lipinski definition) is 1. The van der Waals surface area contributed by atoms with E-state index in [9.17, 15) is 18.0 Å². The molecule has 0 radical (unpaired) electrons.